The number of nitrogens with one attached hydrogen (secondary N) is 3. The number of anilines is 1. The van der Waals surface area contributed by atoms with E-state index in [1.54, 1.807) is 42.6 Å². The minimum Gasteiger partial charge on any atom is -0.494 e. The lowest BCUT2D eigenvalue weighted by Gasteiger charge is -2.23. The maximum Gasteiger partial charge on any atom is 0.171 e. The summed E-state index contributed by atoms with van der Waals surface area (Å²) in [5.41, 5.74) is 8.83. The smallest absolute Gasteiger partial charge is 0.171 e. The lowest BCUT2D eigenvalue weighted by Crippen LogP contribution is -2.17. The Bertz CT molecular complexity index is 1320. The average Bonchev–Trinajstić information content (AvgIpc) is 3.35. The molecule has 1 aromatic heterocycles. The van der Waals surface area contributed by atoms with Crippen LogP contribution in [0.2, 0.25) is 0 Å². The van der Waals surface area contributed by atoms with Crippen LogP contribution < -0.4 is 20.5 Å². The van der Waals surface area contributed by atoms with Gasteiger partial charge in [0.2, 0.25) is 0 Å². The van der Waals surface area contributed by atoms with Crippen LogP contribution in [0.1, 0.15) is 43.6 Å². The van der Waals surface area contributed by atoms with Crippen LogP contribution in [-0.2, 0) is 0 Å². The summed E-state index contributed by atoms with van der Waals surface area (Å²) >= 11 is 0. The van der Waals surface area contributed by atoms with E-state index in [-0.39, 0.29) is 17.7 Å². The van der Waals surface area contributed by atoms with Crippen LogP contribution in [0, 0.1) is 11.2 Å². The summed E-state index contributed by atoms with van der Waals surface area (Å²) in [5.74, 6) is 0.786. The van der Waals surface area contributed by atoms with Crippen LogP contribution in [0.4, 0.5) is 10.1 Å². The third-order valence-electron chi connectivity index (χ3n) is 5.49. The van der Waals surface area contributed by atoms with E-state index in [0.717, 1.165) is 5.56 Å². The molecule has 186 valence electrons. The highest BCUT2D eigenvalue weighted by Crippen LogP contribution is 2.36. The van der Waals surface area contributed by atoms with Crippen LogP contribution in [-0.4, -0.2) is 28.5 Å². The van der Waals surface area contributed by atoms with Gasteiger partial charge in [-0.3, -0.25) is 5.41 Å². The molecule has 5 N–H and O–H groups in total. The highest BCUT2D eigenvalue weighted by molar-refractivity contribution is 5.95. The molecule has 7 nitrogen and oxygen atoms in total. The second kappa shape index (κ2) is 10.9. The number of nitrogen functional groups attached to an aromatic ring is 1. The fourth-order valence-corrected chi connectivity index (χ4v) is 3.85. The Kier molecular flexibility index (Phi) is 7.53. The van der Waals surface area contributed by atoms with Gasteiger partial charge < -0.3 is 25.5 Å². The van der Waals surface area contributed by atoms with E-state index in [2.05, 4.69) is 15.3 Å². The first-order valence-electron chi connectivity index (χ1n) is 11.8. The number of ether oxygens (including phenoxy) is 2. The molecule has 1 heterocycles. The van der Waals surface area contributed by atoms with E-state index in [1.807, 2.05) is 51.1 Å². The average molecular weight is 488 g/mol. The molecule has 0 radical (unpaired) electrons. The molecule has 4 rings (SSSR count). The molecule has 0 saturated carbocycles. The third-order valence-corrected chi connectivity index (χ3v) is 5.49. The molecule has 3 aromatic carbocycles. The summed E-state index contributed by atoms with van der Waals surface area (Å²) in [5, 5.41) is 11.0. The van der Waals surface area contributed by atoms with Gasteiger partial charge in [0.05, 0.1) is 30.6 Å². The molecule has 0 spiro atoms. The number of rotatable bonds is 10. The molecule has 8 heteroatoms. The molecule has 0 aliphatic heterocycles. The zero-order valence-electron chi connectivity index (χ0n) is 20.5. The molecular formula is C28H30FN5O2. The first-order valence-corrected chi connectivity index (χ1v) is 11.8. The molecule has 0 fully saturated rings. The lowest BCUT2D eigenvalue weighted by molar-refractivity contribution is 0.228. The number of hydrogen-bond donors (Lipinski definition) is 4. The van der Waals surface area contributed by atoms with Gasteiger partial charge in [-0.2, -0.15) is 0 Å². The SMILES string of the molecule is CCOc1cc(OC(C)C)c(F)c(C(Nc2ccc(C(=N)N)cc2)c2cnc(-c3ccccc3)[nH]2)c1. The van der Waals surface area contributed by atoms with Crippen LogP contribution in [0.3, 0.4) is 0 Å². The van der Waals surface area contributed by atoms with Gasteiger partial charge in [0.1, 0.15) is 17.4 Å². The van der Waals surface area contributed by atoms with Crippen LogP contribution in [0.25, 0.3) is 11.4 Å². The summed E-state index contributed by atoms with van der Waals surface area (Å²) in [6.07, 6.45) is 1.48. The van der Waals surface area contributed by atoms with E-state index in [4.69, 9.17) is 20.6 Å². The predicted octanol–water partition coefficient (Wildman–Crippen LogP) is 5.89. The molecule has 4 aromatic rings. The van der Waals surface area contributed by atoms with Crippen molar-refractivity contribution in [3.8, 4) is 22.9 Å². The van der Waals surface area contributed by atoms with Crippen molar-refractivity contribution in [1.82, 2.24) is 9.97 Å². The van der Waals surface area contributed by atoms with Gasteiger partial charge >= 0.3 is 0 Å². The van der Waals surface area contributed by atoms with Gasteiger partial charge in [-0.05, 0) is 51.1 Å². The van der Waals surface area contributed by atoms with Crippen LogP contribution in [0.15, 0.2) is 72.9 Å². The predicted molar refractivity (Wildman–Crippen MR) is 140 cm³/mol. The normalized spacial score (nSPS) is 11.8. The Morgan fingerprint density at radius 2 is 1.83 bits per heavy atom. The Hall–Kier alpha value is -4.33. The van der Waals surface area contributed by atoms with E-state index >= 15 is 4.39 Å². The highest BCUT2D eigenvalue weighted by atomic mass is 19.1. The van der Waals surface area contributed by atoms with Crippen LogP contribution >= 0.6 is 0 Å². The number of aromatic amines is 1. The van der Waals surface area contributed by atoms with Crippen molar-refractivity contribution in [1.29, 1.82) is 5.41 Å². The molecule has 0 saturated heterocycles. The molecule has 0 aliphatic rings. The second-order valence-corrected chi connectivity index (χ2v) is 8.55. The number of hydrogen-bond acceptors (Lipinski definition) is 5. The van der Waals surface area contributed by atoms with Crippen molar-refractivity contribution in [2.24, 2.45) is 5.73 Å². The number of aromatic nitrogens is 2. The van der Waals surface area contributed by atoms with Gasteiger partial charge in [0.25, 0.3) is 0 Å². The highest BCUT2D eigenvalue weighted by Gasteiger charge is 2.25. The molecular weight excluding hydrogens is 457 g/mol. The zero-order valence-corrected chi connectivity index (χ0v) is 20.5. The van der Waals surface area contributed by atoms with Crippen molar-refractivity contribution in [3.63, 3.8) is 0 Å². The van der Waals surface area contributed by atoms with E-state index in [9.17, 15) is 0 Å². The minimum absolute atomic E-state index is 0.0230. The Morgan fingerprint density at radius 1 is 1.11 bits per heavy atom. The second-order valence-electron chi connectivity index (χ2n) is 8.55. The largest absolute Gasteiger partial charge is 0.494 e. The van der Waals surface area contributed by atoms with E-state index in [1.165, 1.54) is 0 Å². The fraction of sp³-hybridized carbons (Fsp3) is 0.214. The van der Waals surface area contributed by atoms with E-state index in [0.29, 0.717) is 40.7 Å². The molecule has 0 amide bonds. The van der Waals surface area contributed by atoms with Gasteiger partial charge in [0, 0.05) is 28.4 Å². The number of nitrogens with two attached hydrogens (primary N) is 1. The van der Waals surface area contributed by atoms with Crippen LogP contribution in [0.5, 0.6) is 11.5 Å². The maximum absolute atomic E-state index is 15.9. The Balaban J connectivity index is 1.81. The van der Waals surface area contributed by atoms with Gasteiger partial charge in [0.15, 0.2) is 11.6 Å². The van der Waals surface area contributed by atoms with Gasteiger partial charge in [-0.1, -0.05) is 30.3 Å². The third kappa shape index (κ3) is 5.66. The lowest BCUT2D eigenvalue weighted by atomic mass is 10.0. The fourth-order valence-electron chi connectivity index (χ4n) is 3.85. The number of H-pyrrole nitrogens is 1. The van der Waals surface area contributed by atoms with Gasteiger partial charge in [-0.15, -0.1) is 0 Å². The number of nitrogens with zero attached hydrogens (tertiary/aromatic N) is 1. The zero-order chi connectivity index (χ0) is 25.7. The Morgan fingerprint density at radius 3 is 2.47 bits per heavy atom. The van der Waals surface area contributed by atoms with E-state index < -0.39 is 11.9 Å². The number of benzene rings is 3. The monoisotopic (exact) mass is 487 g/mol. The first kappa shape index (κ1) is 24.8. The molecule has 0 aliphatic carbocycles. The van der Waals surface area contributed by atoms with Crippen molar-refractivity contribution in [2.45, 2.75) is 32.9 Å². The first-order chi connectivity index (χ1) is 17.4. The quantitative estimate of drug-likeness (QED) is 0.165. The number of amidine groups is 1. The summed E-state index contributed by atoms with van der Waals surface area (Å²) in [7, 11) is 0. The topological polar surface area (TPSA) is 109 Å². The summed E-state index contributed by atoms with van der Waals surface area (Å²) in [6, 6.07) is 19.4. The standard InChI is InChI=1S/C28H30FN5O2/c1-4-35-21-14-22(25(29)24(15-21)36-17(2)3)26(33-20-12-10-18(11-13-20)27(30)31)23-16-32-28(34-23)19-8-6-5-7-9-19/h5-17,26,33H,4H2,1-3H3,(H3,30,31)(H,32,34). The molecule has 1 unspecified atom stereocenters. The summed E-state index contributed by atoms with van der Waals surface area (Å²) in [4.78, 5) is 7.89. The molecule has 0 bridgehead atoms. The van der Waals surface area contributed by atoms with Gasteiger partial charge in [-0.25, -0.2) is 9.37 Å². The maximum atomic E-state index is 15.9. The van der Waals surface area contributed by atoms with Crippen molar-refractivity contribution < 1.29 is 13.9 Å². The van der Waals surface area contributed by atoms with Crippen molar-refractivity contribution >= 4 is 11.5 Å². The number of halogens is 1. The van der Waals surface area contributed by atoms with Crippen molar-refractivity contribution in [3.05, 3.63) is 95.6 Å². The summed E-state index contributed by atoms with van der Waals surface area (Å²) in [6.45, 7) is 6.00. The summed E-state index contributed by atoms with van der Waals surface area (Å²) < 4.78 is 27.4. The Labute approximate surface area is 210 Å². The number of imidazole rings is 1. The molecule has 36 heavy (non-hydrogen) atoms. The molecule has 1 atom stereocenters. The minimum atomic E-state index is -0.645. The van der Waals surface area contributed by atoms with Crippen molar-refractivity contribution in [2.75, 3.05) is 11.9 Å².